The van der Waals surface area contributed by atoms with Gasteiger partial charge in [-0.1, -0.05) is 0 Å². The molecule has 29 heavy (non-hydrogen) atoms. The first-order chi connectivity index (χ1) is 14.1. The molecular weight excluding hydrogens is 368 g/mol. The quantitative estimate of drug-likeness (QED) is 0.614. The molecule has 0 spiro atoms. The lowest BCUT2D eigenvalue weighted by Crippen LogP contribution is -2.29. The first kappa shape index (κ1) is 17.9. The van der Waals surface area contributed by atoms with Crippen molar-refractivity contribution in [3.63, 3.8) is 0 Å². The van der Waals surface area contributed by atoms with E-state index in [0.717, 1.165) is 30.6 Å². The fourth-order valence-electron chi connectivity index (χ4n) is 4.41. The third-order valence-electron chi connectivity index (χ3n) is 5.92. The van der Waals surface area contributed by atoms with Crippen molar-refractivity contribution in [1.29, 1.82) is 0 Å². The Hall–Kier alpha value is -3.13. The van der Waals surface area contributed by atoms with Crippen LogP contribution in [0.5, 0.6) is 0 Å². The lowest BCUT2D eigenvalue weighted by Gasteiger charge is -2.19. The lowest BCUT2D eigenvalue weighted by atomic mass is 10.1. The number of imidazole rings is 1. The van der Waals surface area contributed by atoms with E-state index in [1.165, 1.54) is 32.1 Å². The molecule has 3 aromatic rings. The van der Waals surface area contributed by atoms with Gasteiger partial charge in [-0.05, 0) is 62.7 Å². The third-order valence-corrected chi connectivity index (χ3v) is 5.92. The Kier molecular flexibility index (Phi) is 4.35. The van der Waals surface area contributed by atoms with Crippen LogP contribution in [-0.2, 0) is 6.54 Å². The van der Waals surface area contributed by atoms with Gasteiger partial charge in [0, 0.05) is 30.5 Å². The molecule has 4 N–H and O–H groups in total. The molecule has 8 heteroatoms. The number of aromatic nitrogens is 3. The van der Waals surface area contributed by atoms with Crippen molar-refractivity contribution in [2.75, 3.05) is 31.9 Å². The lowest BCUT2D eigenvalue weighted by molar-refractivity contribution is 0.0772. The van der Waals surface area contributed by atoms with Gasteiger partial charge in [0.2, 0.25) is 0 Å². The molecule has 0 bridgehead atoms. The van der Waals surface area contributed by atoms with Gasteiger partial charge >= 0.3 is 0 Å². The number of hydrogen-bond acceptors (Lipinski definition) is 5. The summed E-state index contributed by atoms with van der Waals surface area (Å²) in [5.41, 5.74) is 9.50. The second kappa shape index (κ2) is 7.04. The highest BCUT2D eigenvalue weighted by Gasteiger charge is 2.28. The van der Waals surface area contributed by atoms with Crippen LogP contribution in [-0.4, -0.2) is 56.8 Å². The summed E-state index contributed by atoms with van der Waals surface area (Å²) >= 11 is 0. The highest BCUT2D eigenvalue weighted by molar-refractivity contribution is 6.01. The van der Waals surface area contributed by atoms with Crippen molar-refractivity contribution >= 4 is 22.6 Å². The molecule has 0 saturated carbocycles. The van der Waals surface area contributed by atoms with E-state index in [2.05, 4.69) is 19.9 Å². The van der Waals surface area contributed by atoms with Crippen LogP contribution in [0.2, 0.25) is 0 Å². The Bertz CT molecular complexity index is 1140. The van der Waals surface area contributed by atoms with E-state index in [1.54, 1.807) is 6.07 Å². The second-order valence-corrected chi connectivity index (χ2v) is 7.88. The standard InChI is InChI=1S/C21H24N6O2/c22-15-4-5-23-20(28)18(15)19-24-16-10-13-12-27(9-3-8-26-6-1-2-7-26)21(29)14(13)11-17(16)25-19/h4-5,10-11H,1-3,6-9,12H2,(H,24,25)(H3,22,23,28). The molecule has 1 amide bonds. The van der Waals surface area contributed by atoms with Crippen LogP contribution in [0, 0.1) is 0 Å². The second-order valence-electron chi connectivity index (χ2n) is 7.88. The maximum Gasteiger partial charge on any atom is 0.261 e. The molecule has 2 aliphatic rings. The van der Waals surface area contributed by atoms with Crippen LogP contribution < -0.4 is 11.3 Å². The average Bonchev–Trinajstić information content (AvgIpc) is 3.40. The van der Waals surface area contributed by atoms with Crippen LogP contribution in [0.4, 0.5) is 5.69 Å². The molecule has 0 unspecified atom stereocenters. The molecule has 5 rings (SSSR count). The Labute approximate surface area is 167 Å². The number of aromatic amines is 2. The molecule has 2 aliphatic heterocycles. The van der Waals surface area contributed by atoms with E-state index in [0.29, 0.717) is 34.7 Å². The van der Waals surface area contributed by atoms with Gasteiger partial charge in [-0.2, -0.15) is 0 Å². The molecule has 8 nitrogen and oxygen atoms in total. The number of nitrogens with two attached hydrogens (primary N) is 1. The monoisotopic (exact) mass is 392 g/mol. The number of H-pyrrole nitrogens is 2. The number of pyridine rings is 1. The average molecular weight is 392 g/mol. The Balaban J connectivity index is 1.37. The van der Waals surface area contributed by atoms with Gasteiger partial charge in [-0.3, -0.25) is 9.59 Å². The molecule has 1 aromatic carbocycles. The van der Waals surface area contributed by atoms with Crippen LogP contribution in [0.15, 0.2) is 29.2 Å². The Morgan fingerprint density at radius 3 is 2.76 bits per heavy atom. The van der Waals surface area contributed by atoms with Gasteiger partial charge in [0.25, 0.3) is 11.5 Å². The Morgan fingerprint density at radius 2 is 1.97 bits per heavy atom. The van der Waals surface area contributed by atoms with Crippen molar-refractivity contribution < 1.29 is 4.79 Å². The zero-order valence-electron chi connectivity index (χ0n) is 16.2. The minimum absolute atomic E-state index is 0.0601. The Morgan fingerprint density at radius 1 is 1.14 bits per heavy atom. The van der Waals surface area contributed by atoms with Crippen LogP contribution in [0.1, 0.15) is 35.2 Å². The minimum atomic E-state index is -0.295. The molecular formula is C21H24N6O2. The van der Waals surface area contributed by atoms with Gasteiger partial charge in [0.15, 0.2) is 0 Å². The number of hydrogen-bond donors (Lipinski definition) is 3. The maximum absolute atomic E-state index is 12.9. The van der Waals surface area contributed by atoms with E-state index in [9.17, 15) is 9.59 Å². The van der Waals surface area contributed by atoms with Crippen molar-refractivity contribution in [2.24, 2.45) is 0 Å². The SMILES string of the molecule is Nc1cc[nH]c(=O)c1-c1nc2cc3c(cc2[nH]1)CN(CCCN1CCCC1)C3=O. The maximum atomic E-state index is 12.9. The first-order valence-corrected chi connectivity index (χ1v) is 10.1. The summed E-state index contributed by atoms with van der Waals surface area (Å²) in [6, 6.07) is 5.42. The topological polar surface area (TPSA) is 111 Å². The van der Waals surface area contributed by atoms with Gasteiger partial charge in [0.05, 0.1) is 11.0 Å². The number of amides is 1. The molecule has 0 radical (unpaired) electrons. The fourth-order valence-corrected chi connectivity index (χ4v) is 4.41. The van der Waals surface area contributed by atoms with Crippen molar-refractivity contribution in [3.8, 4) is 11.4 Å². The number of carbonyl (C=O) groups is 1. The van der Waals surface area contributed by atoms with E-state index in [4.69, 9.17) is 5.73 Å². The number of nitrogen functional groups attached to an aromatic ring is 1. The summed E-state index contributed by atoms with van der Waals surface area (Å²) in [6.45, 7) is 4.81. The van der Waals surface area contributed by atoms with E-state index in [-0.39, 0.29) is 11.5 Å². The van der Waals surface area contributed by atoms with Crippen molar-refractivity contribution in [1.82, 2.24) is 24.8 Å². The zero-order valence-corrected chi connectivity index (χ0v) is 16.2. The molecule has 4 heterocycles. The summed E-state index contributed by atoms with van der Waals surface area (Å²) in [5.74, 6) is 0.475. The van der Waals surface area contributed by atoms with Gasteiger partial charge in [0.1, 0.15) is 11.4 Å². The summed E-state index contributed by atoms with van der Waals surface area (Å²) < 4.78 is 0. The summed E-state index contributed by atoms with van der Waals surface area (Å²) in [5, 5.41) is 0. The van der Waals surface area contributed by atoms with Crippen LogP contribution in [0.3, 0.4) is 0 Å². The zero-order chi connectivity index (χ0) is 20.0. The van der Waals surface area contributed by atoms with E-state index < -0.39 is 0 Å². The first-order valence-electron chi connectivity index (χ1n) is 10.1. The van der Waals surface area contributed by atoms with Gasteiger partial charge < -0.3 is 25.5 Å². The number of anilines is 1. The number of likely N-dealkylation sites (tertiary alicyclic amines) is 1. The summed E-state index contributed by atoms with van der Waals surface area (Å²) in [7, 11) is 0. The van der Waals surface area contributed by atoms with Gasteiger partial charge in [-0.25, -0.2) is 4.98 Å². The molecule has 2 aromatic heterocycles. The van der Waals surface area contributed by atoms with Crippen molar-refractivity contribution in [3.05, 3.63) is 45.9 Å². The molecule has 1 fully saturated rings. The number of rotatable bonds is 5. The van der Waals surface area contributed by atoms with E-state index in [1.807, 2.05) is 17.0 Å². The largest absolute Gasteiger partial charge is 0.398 e. The normalized spacial score (nSPS) is 16.8. The number of benzene rings is 1. The predicted molar refractivity (Wildman–Crippen MR) is 112 cm³/mol. The summed E-state index contributed by atoms with van der Waals surface area (Å²) in [6.07, 6.45) is 5.08. The fraction of sp³-hybridized carbons (Fsp3) is 0.381. The molecule has 150 valence electrons. The third kappa shape index (κ3) is 3.19. The highest BCUT2D eigenvalue weighted by atomic mass is 16.2. The minimum Gasteiger partial charge on any atom is -0.398 e. The van der Waals surface area contributed by atoms with Crippen LogP contribution >= 0.6 is 0 Å². The molecule has 1 saturated heterocycles. The predicted octanol–water partition coefficient (Wildman–Crippen LogP) is 1.94. The van der Waals surface area contributed by atoms with Crippen molar-refractivity contribution in [2.45, 2.75) is 25.8 Å². The van der Waals surface area contributed by atoms with Gasteiger partial charge in [-0.15, -0.1) is 0 Å². The number of carbonyl (C=O) groups excluding carboxylic acids is 1. The summed E-state index contributed by atoms with van der Waals surface area (Å²) in [4.78, 5) is 39.7. The number of nitrogens with one attached hydrogen (secondary N) is 2. The van der Waals surface area contributed by atoms with E-state index >= 15 is 0 Å². The number of nitrogens with zero attached hydrogens (tertiary/aromatic N) is 3. The number of fused-ring (bicyclic) bond motifs is 2. The highest BCUT2D eigenvalue weighted by Crippen LogP contribution is 2.29. The van der Waals surface area contributed by atoms with Crippen LogP contribution in [0.25, 0.3) is 22.4 Å². The molecule has 0 atom stereocenters. The molecule has 0 aliphatic carbocycles. The smallest absolute Gasteiger partial charge is 0.261 e.